The van der Waals surface area contributed by atoms with Crippen molar-refractivity contribution in [2.75, 3.05) is 25.8 Å². The number of benzene rings is 2. The fourth-order valence-electron chi connectivity index (χ4n) is 1.93. The highest BCUT2D eigenvalue weighted by molar-refractivity contribution is 7.98. The Morgan fingerprint density at radius 1 is 1.14 bits per heavy atom. The molecule has 116 valence electrons. The molecule has 22 heavy (non-hydrogen) atoms. The highest BCUT2D eigenvalue weighted by Gasteiger charge is 2.15. The van der Waals surface area contributed by atoms with Crippen molar-refractivity contribution in [1.82, 2.24) is 0 Å². The van der Waals surface area contributed by atoms with Crippen molar-refractivity contribution in [1.29, 1.82) is 0 Å². The van der Waals surface area contributed by atoms with Crippen molar-refractivity contribution in [3.63, 3.8) is 0 Å². The minimum absolute atomic E-state index is 0.264. The summed E-state index contributed by atoms with van der Waals surface area (Å²) in [4.78, 5) is 13.4. The highest BCUT2D eigenvalue weighted by Crippen LogP contribution is 2.36. The summed E-state index contributed by atoms with van der Waals surface area (Å²) in [5.74, 6) is 0.558. The minimum atomic E-state index is -0.264. The van der Waals surface area contributed by atoms with Crippen molar-refractivity contribution < 1.29 is 14.3 Å². The molecule has 0 bridgehead atoms. The Balaban J connectivity index is 2.23. The van der Waals surface area contributed by atoms with E-state index in [4.69, 9.17) is 21.1 Å². The second kappa shape index (κ2) is 7.42. The smallest absolute Gasteiger partial charge is 0.255 e. The molecule has 0 aliphatic carbocycles. The SMILES string of the molecule is COc1cc(C(=O)Nc2ccc(SC)cc2)cc(Cl)c1OC. The van der Waals surface area contributed by atoms with Gasteiger partial charge in [0, 0.05) is 16.1 Å². The van der Waals surface area contributed by atoms with Crippen LogP contribution in [0.25, 0.3) is 0 Å². The van der Waals surface area contributed by atoms with Gasteiger partial charge < -0.3 is 14.8 Å². The van der Waals surface area contributed by atoms with E-state index in [-0.39, 0.29) is 5.91 Å². The summed E-state index contributed by atoms with van der Waals surface area (Å²) in [6.07, 6.45) is 2.00. The number of methoxy groups -OCH3 is 2. The standard InChI is InChI=1S/C16H16ClNO3S/c1-20-14-9-10(8-13(17)15(14)21-2)16(19)18-11-4-6-12(22-3)7-5-11/h4-9H,1-3H3,(H,18,19). The molecule has 0 saturated carbocycles. The average Bonchev–Trinajstić information content (AvgIpc) is 2.54. The van der Waals surface area contributed by atoms with Gasteiger partial charge in [0.1, 0.15) is 0 Å². The topological polar surface area (TPSA) is 47.6 Å². The predicted octanol–water partition coefficient (Wildman–Crippen LogP) is 4.33. The molecule has 2 rings (SSSR count). The molecule has 2 aromatic carbocycles. The van der Waals surface area contributed by atoms with Crippen molar-refractivity contribution in [3.8, 4) is 11.5 Å². The lowest BCUT2D eigenvalue weighted by atomic mass is 10.1. The van der Waals surface area contributed by atoms with Gasteiger partial charge in [-0.05, 0) is 42.7 Å². The van der Waals surface area contributed by atoms with Gasteiger partial charge in [0.2, 0.25) is 0 Å². The van der Waals surface area contributed by atoms with E-state index in [1.807, 2.05) is 30.5 Å². The zero-order chi connectivity index (χ0) is 16.1. The van der Waals surface area contributed by atoms with Gasteiger partial charge in [0.25, 0.3) is 5.91 Å². The first kappa shape index (κ1) is 16.5. The second-order valence-electron chi connectivity index (χ2n) is 4.38. The third-order valence-electron chi connectivity index (χ3n) is 3.04. The fraction of sp³-hybridized carbons (Fsp3) is 0.188. The lowest BCUT2D eigenvalue weighted by Crippen LogP contribution is -2.12. The van der Waals surface area contributed by atoms with Gasteiger partial charge in [0.05, 0.1) is 19.2 Å². The number of ether oxygens (including phenoxy) is 2. The van der Waals surface area contributed by atoms with Crippen LogP contribution in [-0.4, -0.2) is 26.4 Å². The molecule has 0 spiro atoms. The van der Waals surface area contributed by atoms with Crippen LogP contribution in [0, 0.1) is 0 Å². The Labute approximate surface area is 138 Å². The molecule has 2 aromatic rings. The van der Waals surface area contributed by atoms with E-state index in [9.17, 15) is 4.79 Å². The first-order chi connectivity index (χ1) is 10.6. The summed E-state index contributed by atoms with van der Waals surface area (Å²) in [5, 5.41) is 3.15. The maximum atomic E-state index is 12.3. The Hall–Kier alpha value is -1.85. The van der Waals surface area contributed by atoms with E-state index in [1.165, 1.54) is 14.2 Å². The highest BCUT2D eigenvalue weighted by atomic mass is 35.5. The summed E-state index contributed by atoms with van der Waals surface area (Å²) < 4.78 is 10.4. The number of carbonyl (C=O) groups excluding carboxylic acids is 1. The van der Waals surface area contributed by atoms with Crippen LogP contribution in [0.4, 0.5) is 5.69 Å². The molecule has 0 radical (unpaired) electrons. The second-order valence-corrected chi connectivity index (χ2v) is 5.66. The maximum Gasteiger partial charge on any atom is 0.255 e. The molecule has 0 saturated heterocycles. The van der Waals surface area contributed by atoms with Crippen LogP contribution >= 0.6 is 23.4 Å². The van der Waals surface area contributed by atoms with Gasteiger partial charge in [-0.15, -0.1) is 11.8 Å². The molecule has 1 amide bonds. The lowest BCUT2D eigenvalue weighted by Gasteiger charge is -2.12. The van der Waals surface area contributed by atoms with Crippen LogP contribution in [0.5, 0.6) is 11.5 Å². The van der Waals surface area contributed by atoms with Gasteiger partial charge in [-0.25, -0.2) is 0 Å². The summed E-state index contributed by atoms with van der Waals surface area (Å²) in [6.45, 7) is 0. The molecule has 0 aromatic heterocycles. The molecule has 0 unspecified atom stereocenters. The first-order valence-corrected chi connectivity index (χ1v) is 8.06. The fourth-order valence-corrected chi connectivity index (χ4v) is 2.62. The number of thioether (sulfide) groups is 1. The summed E-state index contributed by atoms with van der Waals surface area (Å²) in [5.41, 5.74) is 1.12. The third kappa shape index (κ3) is 3.67. The minimum Gasteiger partial charge on any atom is -0.493 e. The van der Waals surface area contributed by atoms with E-state index in [0.717, 1.165) is 4.90 Å². The number of carbonyl (C=O) groups is 1. The van der Waals surface area contributed by atoms with Gasteiger partial charge >= 0.3 is 0 Å². The van der Waals surface area contributed by atoms with Gasteiger partial charge in [-0.3, -0.25) is 4.79 Å². The molecule has 4 nitrogen and oxygen atoms in total. The van der Waals surface area contributed by atoms with E-state index in [2.05, 4.69) is 5.32 Å². The number of hydrogen-bond donors (Lipinski definition) is 1. The molecule has 6 heteroatoms. The molecule has 1 N–H and O–H groups in total. The molecular weight excluding hydrogens is 322 g/mol. The summed E-state index contributed by atoms with van der Waals surface area (Å²) in [6, 6.07) is 10.7. The van der Waals surface area contributed by atoms with Gasteiger partial charge in [-0.1, -0.05) is 11.6 Å². The number of hydrogen-bond acceptors (Lipinski definition) is 4. The van der Waals surface area contributed by atoms with E-state index < -0.39 is 0 Å². The summed E-state index contributed by atoms with van der Waals surface area (Å²) >= 11 is 7.76. The predicted molar refractivity (Wildman–Crippen MR) is 90.7 cm³/mol. The molecule has 0 fully saturated rings. The van der Waals surface area contributed by atoms with Crippen molar-refractivity contribution in [2.24, 2.45) is 0 Å². The Morgan fingerprint density at radius 3 is 2.36 bits per heavy atom. The normalized spacial score (nSPS) is 10.2. The van der Waals surface area contributed by atoms with E-state index in [1.54, 1.807) is 23.9 Å². The Kier molecular flexibility index (Phi) is 5.57. The molecule has 0 atom stereocenters. The molecule has 0 aliphatic rings. The number of anilines is 1. The number of halogens is 1. The Morgan fingerprint density at radius 2 is 1.82 bits per heavy atom. The maximum absolute atomic E-state index is 12.3. The van der Waals surface area contributed by atoms with E-state index in [0.29, 0.717) is 27.8 Å². The zero-order valence-electron chi connectivity index (χ0n) is 12.5. The quantitative estimate of drug-likeness (QED) is 0.825. The van der Waals surface area contributed by atoms with Crippen LogP contribution in [0.15, 0.2) is 41.3 Å². The van der Waals surface area contributed by atoms with Crippen molar-refractivity contribution in [2.45, 2.75) is 4.90 Å². The van der Waals surface area contributed by atoms with Crippen LogP contribution in [0.3, 0.4) is 0 Å². The van der Waals surface area contributed by atoms with E-state index >= 15 is 0 Å². The van der Waals surface area contributed by atoms with Crippen molar-refractivity contribution in [3.05, 3.63) is 47.0 Å². The third-order valence-corrected chi connectivity index (χ3v) is 4.07. The van der Waals surface area contributed by atoms with Gasteiger partial charge in [0.15, 0.2) is 11.5 Å². The lowest BCUT2D eigenvalue weighted by molar-refractivity contribution is 0.102. The number of amides is 1. The van der Waals surface area contributed by atoms with Crippen molar-refractivity contribution >= 4 is 35.0 Å². The van der Waals surface area contributed by atoms with Crippen LogP contribution < -0.4 is 14.8 Å². The van der Waals surface area contributed by atoms with Crippen LogP contribution in [-0.2, 0) is 0 Å². The Bertz CT molecular complexity index is 674. The largest absolute Gasteiger partial charge is 0.493 e. The number of rotatable bonds is 5. The average molecular weight is 338 g/mol. The monoisotopic (exact) mass is 337 g/mol. The molecule has 0 aliphatic heterocycles. The van der Waals surface area contributed by atoms with Crippen LogP contribution in [0.2, 0.25) is 5.02 Å². The molecule has 0 heterocycles. The summed E-state index contributed by atoms with van der Waals surface area (Å²) in [7, 11) is 2.99. The molecular formula is C16H16ClNO3S. The van der Waals surface area contributed by atoms with Gasteiger partial charge in [-0.2, -0.15) is 0 Å². The number of nitrogens with one attached hydrogen (secondary N) is 1. The zero-order valence-corrected chi connectivity index (χ0v) is 14.0. The van der Waals surface area contributed by atoms with Crippen LogP contribution in [0.1, 0.15) is 10.4 Å². The first-order valence-electron chi connectivity index (χ1n) is 6.46.